The van der Waals surface area contributed by atoms with Crippen molar-refractivity contribution in [1.29, 1.82) is 0 Å². The summed E-state index contributed by atoms with van der Waals surface area (Å²) in [5.74, 6) is -0.218. The summed E-state index contributed by atoms with van der Waals surface area (Å²) in [4.78, 5) is 0. The van der Waals surface area contributed by atoms with Gasteiger partial charge in [-0.3, -0.25) is 0 Å². The van der Waals surface area contributed by atoms with Crippen LogP contribution in [0, 0.1) is 5.82 Å². The number of nitrogens with one attached hydrogen (secondary N) is 1. The fourth-order valence-electron chi connectivity index (χ4n) is 1.92. The van der Waals surface area contributed by atoms with Crippen molar-refractivity contribution in [3.8, 4) is 0 Å². The van der Waals surface area contributed by atoms with E-state index in [-0.39, 0.29) is 11.9 Å². The molecule has 2 rings (SSSR count). The second-order valence-corrected chi connectivity index (χ2v) is 5.09. The monoisotopic (exact) mass is 307 g/mol. The summed E-state index contributed by atoms with van der Waals surface area (Å²) in [5, 5.41) is 3.35. The summed E-state index contributed by atoms with van der Waals surface area (Å²) in [7, 11) is 0. The second kappa shape index (κ2) is 6.01. The van der Waals surface area contributed by atoms with Crippen LogP contribution in [0.15, 0.2) is 53.0 Å². The fourth-order valence-corrected chi connectivity index (χ4v) is 2.34. The second-order valence-electron chi connectivity index (χ2n) is 4.17. The van der Waals surface area contributed by atoms with E-state index in [4.69, 9.17) is 0 Å². The van der Waals surface area contributed by atoms with E-state index in [9.17, 15) is 4.39 Å². The SMILES string of the molecule is CCC(Nc1cccc(F)c1)c1cccc(Br)c1. The van der Waals surface area contributed by atoms with Crippen LogP contribution in [0.25, 0.3) is 0 Å². The predicted octanol–water partition coefficient (Wildman–Crippen LogP) is 5.15. The third kappa shape index (κ3) is 3.33. The zero-order chi connectivity index (χ0) is 13.0. The van der Waals surface area contributed by atoms with Gasteiger partial charge in [-0.25, -0.2) is 4.39 Å². The molecule has 0 fully saturated rings. The van der Waals surface area contributed by atoms with Gasteiger partial charge in [-0.2, -0.15) is 0 Å². The third-order valence-electron chi connectivity index (χ3n) is 2.82. The molecule has 2 aromatic carbocycles. The molecule has 18 heavy (non-hydrogen) atoms. The lowest BCUT2D eigenvalue weighted by Crippen LogP contribution is -2.09. The molecule has 94 valence electrons. The summed E-state index contributed by atoms with van der Waals surface area (Å²) in [6.07, 6.45) is 0.937. The van der Waals surface area contributed by atoms with Gasteiger partial charge in [0, 0.05) is 10.2 Å². The summed E-state index contributed by atoms with van der Waals surface area (Å²) >= 11 is 3.47. The lowest BCUT2D eigenvalue weighted by atomic mass is 10.0. The van der Waals surface area contributed by atoms with Gasteiger partial charge in [-0.1, -0.05) is 41.1 Å². The fraction of sp³-hybridized carbons (Fsp3) is 0.200. The summed E-state index contributed by atoms with van der Waals surface area (Å²) < 4.78 is 14.2. The van der Waals surface area contributed by atoms with Gasteiger partial charge in [0.2, 0.25) is 0 Å². The number of rotatable bonds is 4. The lowest BCUT2D eigenvalue weighted by molar-refractivity contribution is 0.627. The smallest absolute Gasteiger partial charge is 0.125 e. The zero-order valence-electron chi connectivity index (χ0n) is 10.2. The van der Waals surface area contributed by atoms with E-state index in [0.29, 0.717) is 0 Å². The molecule has 0 aliphatic carbocycles. The van der Waals surface area contributed by atoms with Crippen molar-refractivity contribution >= 4 is 21.6 Å². The van der Waals surface area contributed by atoms with Crippen LogP contribution in [0.3, 0.4) is 0 Å². The van der Waals surface area contributed by atoms with Crippen LogP contribution in [0.5, 0.6) is 0 Å². The molecule has 0 aliphatic heterocycles. The number of hydrogen-bond donors (Lipinski definition) is 1. The van der Waals surface area contributed by atoms with Gasteiger partial charge in [0.25, 0.3) is 0 Å². The molecule has 0 saturated heterocycles. The highest BCUT2D eigenvalue weighted by Crippen LogP contribution is 2.25. The normalized spacial score (nSPS) is 12.2. The van der Waals surface area contributed by atoms with Gasteiger partial charge in [0.15, 0.2) is 0 Å². The van der Waals surface area contributed by atoms with Crippen molar-refractivity contribution in [2.45, 2.75) is 19.4 Å². The Morgan fingerprint density at radius 1 is 1.17 bits per heavy atom. The highest BCUT2D eigenvalue weighted by atomic mass is 79.9. The molecule has 0 bridgehead atoms. The molecule has 0 saturated carbocycles. The van der Waals surface area contributed by atoms with Crippen LogP contribution < -0.4 is 5.32 Å². The highest BCUT2D eigenvalue weighted by Gasteiger charge is 2.09. The quantitative estimate of drug-likeness (QED) is 0.823. The molecule has 1 atom stereocenters. The lowest BCUT2D eigenvalue weighted by Gasteiger charge is -2.19. The number of halogens is 2. The Labute approximate surface area is 115 Å². The van der Waals surface area contributed by atoms with Crippen molar-refractivity contribution in [2.24, 2.45) is 0 Å². The van der Waals surface area contributed by atoms with Gasteiger partial charge >= 0.3 is 0 Å². The number of benzene rings is 2. The van der Waals surface area contributed by atoms with Gasteiger partial charge in [-0.15, -0.1) is 0 Å². The third-order valence-corrected chi connectivity index (χ3v) is 3.32. The van der Waals surface area contributed by atoms with Crippen LogP contribution in [-0.4, -0.2) is 0 Å². The van der Waals surface area contributed by atoms with Crippen LogP contribution in [0.2, 0.25) is 0 Å². The Morgan fingerprint density at radius 3 is 2.61 bits per heavy atom. The molecule has 0 spiro atoms. The van der Waals surface area contributed by atoms with Gasteiger partial charge < -0.3 is 5.32 Å². The molecule has 1 unspecified atom stereocenters. The van der Waals surface area contributed by atoms with E-state index < -0.39 is 0 Å². The first-order valence-corrected chi connectivity index (χ1v) is 6.76. The molecule has 3 heteroatoms. The largest absolute Gasteiger partial charge is 0.378 e. The van der Waals surface area contributed by atoms with E-state index in [1.807, 2.05) is 18.2 Å². The van der Waals surface area contributed by atoms with E-state index in [2.05, 4.69) is 40.3 Å². The molecule has 2 aromatic rings. The highest BCUT2D eigenvalue weighted by molar-refractivity contribution is 9.10. The molecule has 0 amide bonds. The van der Waals surface area contributed by atoms with Gasteiger partial charge in [0.1, 0.15) is 5.82 Å². The van der Waals surface area contributed by atoms with Gasteiger partial charge in [0.05, 0.1) is 6.04 Å². The summed E-state index contributed by atoms with van der Waals surface area (Å²) in [6.45, 7) is 2.11. The van der Waals surface area contributed by atoms with Crippen molar-refractivity contribution in [3.05, 3.63) is 64.4 Å². The maximum Gasteiger partial charge on any atom is 0.125 e. The first-order valence-electron chi connectivity index (χ1n) is 5.96. The minimum Gasteiger partial charge on any atom is -0.378 e. The van der Waals surface area contributed by atoms with Crippen LogP contribution in [0.1, 0.15) is 24.9 Å². The first-order chi connectivity index (χ1) is 8.69. The van der Waals surface area contributed by atoms with Crippen molar-refractivity contribution in [1.82, 2.24) is 0 Å². The number of anilines is 1. The average Bonchev–Trinajstić information content (AvgIpc) is 2.36. The van der Waals surface area contributed by atoms with Crippen molar-refractivity contribution in [2.75, 3.05) is 5.32 Å². The van der Waals surface area contributed by atoms with E-state index in [0.717, 1.165) is 16.6 Å². The van der Waals surface area contributed by atoms with Crippen molar-refractivity contribution < 1.29 is 4.39 Å². The molecule has 1 nitrogen and oxygen atoms in total. The molecular formula is C15H15BrFN. The molecule has 0 aromatic heterocycles. The maximum absolute atomic E-state index is 13.1. The minimum atomic E-state index is -0.218. The van der Waals surface area contributed by atoms with Crippen LogP contribution >= 0.6 is 15.9 Å². The molecular weight excluding hydrogens is 293 g/mol. The van der Waals surface area contributed by atoms with E-state index in [1.165, 1.54) is 17.7 Å². The Balaban J connectivity index is 2.19. The van der Waals surface area contributed by atoms with Crippen molar-refractivity contribution in [3.63, 3.8) is 0 Å². The zero-order valence-corrected chi connectivity index (χ0v) is 11.7. The Kier molecular flexibility index (Phi) is 4.37. The van der Waals surface area contributed by atoms with E-state index in [1.54, 1.807) is 6.07 Å². The maximum atomic E-state index is 13.1. The first kappa shape index (κ1) is 13.1. The summed E-state index contributed by atoms with van der Waals surface area (Å²) in [6, 6.07) is 14.9. The minimum absolute atomic E-state index is 0.185. The Bertz CT molecular complexity index is 527. The molecule has 0 aliphatic rings. The van der Waals surface area contributed by atoms with Crippen LogP contribution in [-0.2, 0) is 0 Å². The molecule has 0 radical (unpaired) electrons. The average molecular weight is 308 g/mol. The van der Waals surface area contributed by atoms with Gasteiger partial charge in [-0.05, 0) is 42.3 Å². The summed E-state index contributed by atoms with van der Waals surface area (Å²) in [5.41, 5.74) is 2.00. The Hall–Kier alpha value is -1.35. The predicted molar refractivity (Wildman–Crippen MR) is 77.2 cm³/mol. The Morgan fingerprint density at radius 2 is 1.94 bits per heavy atom. The number of hydrogen-bond acceptors (Lipinski definition) is 1. The molecule has 1 N–H and O–H groups in total. The topological polar surface area (TPSA) is 12.0 Å². The van der Waals surface area contributed by atoms with Crippen LogP contribution in [0.4, 0.5) is 10.1 Å². The standard InChI is InChI=1S/C15H15BrFN/c1-2-15(11-5-3-6-12(16)9-11)18-14-8-4-7-13(17)10-14/h3-10,15,18H,2H2,1H3. The van der Waals surface area contributed by atoms with E-state index >= 15 is 0 Å². The molecule has 0 heterocycles.